The summed E-state index contributed by atoms with van der Waals surface area (Å²) in [5.41, 5.74) is 8.34. The molecule has 4 N–H and O–H groups in total. The molecule has 33 heavy (non-hydrogen) atoms. The van der Waals surface area contributed by atoms with E-state index in [4.69, 9.17) is 0 Å². The van der Waals surface area contributed by atoms with E-state index in [1.807, 2.05) is 43.3 Å². The van der Waals surface area contributed by atoms with Gasteiger partial charge < -0.3 is 20.4 Å². The molecular weight excluding hydrogens is 418 g/mol. The van der Waals surface area contributed by atoms with Crippen LogP contribution >= 0.6 is 0 Å². The Morgan fingerprint density at radius 2 is 1.70 bits per heavy atom. The average molecular weight is 446 g/mol. The lowest BCUT2D eigenvalue weighted by atomic mass is 10.1. The molecular formula is C24H27N7O2. The quantitative estimate of drug-likeness (QED) is 0.278. The third kappa shape index (κ3) is 5.71. The van der Waals surface area contributed by atoms with Gasteiger partial charge in [-0.2, -0.15) is 20.1 Å². The number of aliphatic hydroxyl groups is 2. The molecule has 0 aliphatic heterocycles. The number of hydrazone groups is 1. The van der Waals surface area contributed by atoms with Crippen molar-refractivity contribution in [3.8, 4) is 0 Å². The number of fused-ring (bicyclic) bond motifs is 1. The SMILES string of the molecule is Cc1ccc(Nc2nc(N/N=C/C3=CCc4ccccc43)nc(N(CCO)CCO)n2)cc1. The second kappa shape index (κ2) is 10.7. The highest BCUT2D eigenvalue weighted by Crippen LogP contribution is 2.25. The molecule has 0 fully saturated rings. The summed E-state index contributed by atoms with van der Waals surface area (Å²) in [6.07, 6.45) is 4.76. The number of anilines is 4. The van der Waals surface area contributed by atoms with Gasteiger partial charge in [0, 0.05) is 18.8 Å². The minimum absolute atomic E-state index is 0.0963. The van der Waals surface area contributed by atoms with Crippen molar-refractivity contribution in [1.29, 1.82) is 0 Å². The molecule has 170 valence electrons. The van der Waals surface area contributed by atoms with Crippen molar-refractivity contribution in [2.24, 2.45) is 5.10 Å². The average Bonchev–Trinajstić information content (AvgIpc) is 3.23. The van der Waals surface area contributed by atoms with E-state index in [0.29, 0.717) is 11.9 Å². The number of hydrogen-bond acceptors (Lipinski definition) is 9. The first-order chi connectivity index (χ1) is 16.2. The molecule has 1 aliphatic carbocycles. The molecule has 0 radical (unpaired) electrons. The highest BCUT2D eigenvalue weighted by atomic mass is 16.3. The number of rotatable bonds is 10. The second-order valence-electron chi connectivity index (χ2n) is 7.60. The standard InChI is InChI=1S/C24H27N7O2/c1-17-6-10-20(11-7-17)26-22-27-23(29-24(28-22)31(12-14-32)13-15-33)30-25-16-19-9-8-18-4-2-3-5-21(18)19/h2-7,9-11,16,32-33H,8,12-15H2,1H3,(H2,26,27,28,29,30)/b25-16+. The van der Waals surface area contributed by atoms with Crippen molar-refractivity contribution < 1.29 is 10.2 Å². The zero-order valence-corrected chi connectivity index (χ0v) is 18.4. The predicted octanol–water partition coefficient (Wildman–Crippen LogP) is 2.75. The highest BCUT2D eigenvalue weighted by molar-refractivity contribution is 6.11. The zero-order valence-electron chi connectivity index (χ0n) is 18.4. The number of aryl methyl sites for hydroxylation is 1. The molecule has 0 atom stereocenters. The smallest absolute Gasteiger partial charge is 0.250 e. The molecule has 2 aromatic carbocycles. The second-order valence-corrected chi connectivity index (χ2v) is 7.60. The molecule has 1 heterocycles. The number of hydrogen-bond donors (Lipinski definition) is 4. The van der Waals surface area contributed by atoms with E-state index in [-0.39, 0.29) is 32.3 Å². The van der Waals surface area contributed by atoms with Gasteiger partial charge in [-0.25, -0.2) is 5.43 Å². The summed E-state index contributed by atoms with van der Waals surface area (Å²) in [4.78, 5) is 15.0. The molecule has 4 rings (SSSR count). The van der Waals surface area contributed by atoms with Gasteiger partial charge in [0.05, 0.1) is 19.4 Å². The minimum Gasteiger partial charge on any atom is -0.395 e. The summed E-state index contributed by atoms with van der Waals surface area (Å²) < 4.78 is 0. The molecule has 9 heteroatoms. The Kier molecular flexibility index (Phi) is 7.23. The summed E-state index contributed by atoms with van der Waals surface area (Å²) in [6, 6.07) is 16.1. The molecule has 0 saturated heterocycles. The van der Waals surface area contributed by atoms with E-state index >= 15 is 0 Å². The normalized spacial score (nSPS) is 12.5. The van der Waals surface area contributed by atoms with Crippen LogP contribution in [-0.4, -0.2) is 57.7 Å². The van der Waals surface area contributed by atoms with Gasteiger partial charge in [0.2, 0.25) is 17.8 Å². The lowest BCUT2D eigenvalue weighted by molar-refractivity contribution is 0.280. The summed E-state index contributed by atoms with van der Waals surface area (Å²) in [5, 5.41) is 26.3. The molecule has 1 aromatic heterocycles. The maximum absolute atomic E-state index is 9.41. The van der Waals surface area contributed by atoms with Crippen molar-refractivity contribution in [3.63, 3.8) is 0 Å². The van der Waals surface area contributed by atoms with Crippen LogP contribution in [0.1, 0.15) is 16.7 Å². The van der Waals surface area contributed by atoms with Crippen LogP contribution in [0, 0.1) is 6.92 Å². The van der Waals surface area contributed by atoms with Crippen molar-refractivity contribution in [3.05, 3.63) is 71.3 Å². The van der Waals surface area contributed by atoms with E-state index in [9.17, 15) is 10.2 Å². The van der Waals surface area contributed by atoms with Crippen LogP contribution in [0.25, 0.3) is 5.57 Å². The fraction of sp³-hybridized carbons (Fsp3) is 0.250. The summed E-state index contributed by atoms with van der Waals surface area (Å²) in [7, 11) is 0. The highest BCUT2D eigenvalue weighted by Gasteiger charge is 2.14. The van der Waals surface area contributed by atoms with Gasteiger partial charge in [-0.15, -0.1) is 0 Å². The van der Waals surface area contributed by atoms with Crippen molar-refractivity contribution in [2.75, 3.05) is 41.9 Å². The summed E-state index contributed by atoms with van der Waals surface area (Å²) in [6.45, 7) is 2.38. The number of nitrogens with zero attached hydrogens (tertiary/aromatic N) is 5. The maximum Gasteiger partial charge on any atom is 0.250 e. The number of nitrogens with one attached hydrogen (secondary N) is 2. The van der Waals surface area contributed by atoms with Gasteiger partial charge in [-0.3, -0.25) is 0 Å². The van der Waals surface area contributed by atoms with Crippen LogP contribution < -0.4 is 15.6 Å². The molecule has 0 spiro atoms. The predicted molar refractivity (Wildman–Crippen MR) is 131 cm³/mol. The van der Waals surface area contributed by atoms with Gasteiger partial charge in [0.25, 0.3) is 0 Å². The van der Waals surface area contributed by atoms with E-state index in [2.05, 4.69) is 49.0 Å². The fourth-order valence-corrected chi connectivity index (χ4v) is 3.52. The van der Waals surface area contributed by atoms with Gasteiger partial charge >= 0.3 is 0 Å². The third-order valence-corrected chi connectivity index (χ3v) is 5.19. The van der Waals surface area contributed by atoms with Gasteiger partial charge in [-0.05, 0) is 42.2 Å². The Labute approximate surface area is 192 Å². The monoisotopic (exact) mass is 445 g/mol. The third-order valence-electron chi connectivity index (χ3n) is 5.19. The van der Waals surface area contributed by atoms with E-state index < -0.39 is 0 Å². The Bertz CT molecular complexity index is 1140. The molecule has 9 nitrogen and oxygen atoms in total. The van der Waals surface area contributed by atoms with Gasteiger partial charge in [0.15, 0.2) is 0 Å². The van der Waals surface area contributed by atoms with Crippen molar-refractivity contribution in [2.45, 2.75) is 13.3 Å². The molecule has 0 saturated carbocycles. The van der Waals surface area contributed by atoms with Crippen molar-refractivity contribution >= 4 is 35.3 Å². The number of aliphatic hydroxyl groups excluding tert-OH is 2. The van der Waals surface area contributed by atoms with Crippen LogP contribution in [0.3, 0.4) is 0 Å². The van der Waals surface area contributed by atoms with Crippen molar-refractivity contribution in [1.82, 2.24) is 15.0 Å². The first-order valence-electron chi connectivity index (χ1n) is 10.8. The minimum atomic E-state index is -0.0963. The first-order valence-corrected chi connectivity index (χ1v) is 10.8. The van der Waals surface area contributed by atoms with Crippen LogP contribution in [0.15, 0.2) is 59.7 Å². The molecule has 0 bridgehead atoms. The van der Waals surface area contributed by atoms with Crippen LogP contribution in [-0.2, 0) is 6.42 Å². The van der Waals surface area contributed by atoms with E-state index in [1.165, 1.54) is 5.56 Å². The van der Waals surface area contributed by atoms with Gasteiger partial charge in [-0.1, -0.05) is 48.0 Å². The van der Waals surface area contributed by atoms with Crippen LogP contribution in [0.4, 0.5) is 23.5 Å². The Morgan fingerprint density at radius 1 is 0.970 bits per heavy atom. The molecule has 0 unspecified atom stereocenters. The number of benzene rings is 2. The number of aromatic nitrogens is 3. The molecule has 3 aromatic rings. The zero-order chi connectivity index (χ0) is 23.0. The largest absolute Gasteiger partial charge is 0.395 e. The Morgan fingerprint density at radius 3 is 2.45 bits per heavy atom. The molecule has 0 amide bonds. The number of allylic oxidation sites excluding steroid dienone is 2. The first kappa shape index (κ1) is 22.4. The molecule has 1 aliphatic rings. The summed E-state index contributed by atoms with van der Waals surface area (Å²) in [5.74, 6) is 0.900. The fourth-order valence-electron chi connectivity index (χ4n) is 3.52. The van der Waals surface area contributed by atoms with E-state index in [0.717, 1.165) is 28.8 Å². The maximum atomic E-state index is 9.41. The Hall–Kier alpha value is -3.82. The topological polar surface area (TPSA) is 119 Å². The van der Waals surface area contributed by atoms with Gasteiger partial charge in [0.1, 0.15) is 0 Å². The Balaban J connectivity index is 1.57. The summed E-state index contributed by atoms with van der Waals surface area (Å²) >= 11 is 0. The van der Waals surface area contributed by atoms with Crippen LogP contribution in [0.5, 0.6) is 0 Å². The van der Waals surface area contributed by atoms with Crippen LogP contribution in [0.2, 0.25) is 0 Å². The van der Waals surface area contributed by atoms with E-state index in [1.54, 1.807) is 11.1 Å². The lowest BCUT2D eigenvalue weighted by Gasteiger charge is -2.21. The lowest BCUT2D eigenvalue weighted by Crippen LogP contribution is -2.31.